The summed E-state index contributed by atoms with van der Waals surface area (Å²) in [6.07, 6.45) is 1.04. The van der Waals surface area contributed by atoms with Crippen molar-refractivity contribution in [2.45, 2.75) is 25.5 Å². The summed E-state index contributed by atoms with van der Waals surface area (Å²) in [5.41, 5.74) is 3.31. The van der Waals surface area contributed by atoms with Gasteiger partial charge in [-0.05, 0) is 35.7 Å². The zero-order valence-corrected chi connectivity index (χ0v) is 18.1. The Balaban J connectivity index is 0.00000280. The number of ether oxygens (including phenoxy) is 2. The topological polar surface area (TPSA) is 54.9 Å². The number of nitrogens with zero attached hydrogens (tertiary/aromatic N) is 1. The van der Waals surface area contributed by atoms with Crippen molar-refractivity contribution in [2.75, 3.05) is 20.7 Å². The molecule has 1 aliphatic carbocycles. The molecule has 0 spiro atoms. The first-order valence-electron chi connectivity index (χ1n) is 8.74. The number of benzene rings is 2. The van der Waals surface area contributed by atoms with Crippen molar-refractivity contribution in [3.8, 4) is 11.5 Å². The van der Waals surface area contributed by atoms with E-state index in [4.69, 9.17) is 4.74 Å². The molecule has 0 aromatic heterocycles. The highest BCUT2D eigenvalue weighted by Gasteiger charge is 2.25. The van der Waals surface area contributed by atoms with E-state index in [9.17, 15) is 8.78 Å². The van der Waals surface area contributed by atoms with Gasteiger partial charge in [0.15, 0.2) is 5.96 Å². The summed E-state index contributed by atoms with van der Waals surface area (Å²) in [5, 5.41) is 6.43. The lowest BCUT2D eigenvalue weighted by atomic mass is 9.78. The highest BCUT2D eigenvalue weighted by molar-refractivity contribution is 14.0. The Morgan fingerprint density at radius 3 is 2.68 bits per heavy atom. The third kappa shape index (κ3) is 5.46. The van der Waals surface area contributed by atoms with Crippen LogP contribution in [0.3, 0.4) is 0 Å². The van der Waals surface area contributed by atoms with Crippen LogP contribution in [0.1, 0.15) is 22.6 Å². The van der Waals surface area contributed by atoms with Gasteiger partial charge in [0.05, 0.1) is 7.11 Å². The second kappa shape index (κ2) is 10.4. The van der Waals surface area contributed by atoms with Crippen molar-refractivity contribution in [3.63, 3.8) is 0 Å². The molecule has 1 aliphatic rings. The lowest BCUT2D eigenvalue weighted by Gasteiger charge is -2.30. The van der Waals surface area contributed by atoms with Crippen molar-refractivity contribution in [1.82, 2.24) is 10.6 Å². The number of alkyl halides is 2. The van der Waals surface area contributed by atoms with Crippen LogP contribution in [0.2, 0.25) is 0 Å². The summed E-state index contributed by atoms with van der Waals surface area (Å²) in [7, 11) is 3.20. The minimum atomic E-state index is -2.88. The number of fused-ring (bicyclic) bond motifs is 1. The second-order valence-electron chi connectivity index (χ2n) is 6.26. The molecular weight excluding hydrogens is 479 g/mol. The van der Waals surface area contributed by atoms with E-state index in [0.29, 0.717) is 23.2 Å². The van der Waals surface area contributed by atoms with E-state index < -0.39 is 6.61 Å². The predicted molar refractivity (Wildman–Crippen MR) is 116 cm³/mol. The van der Waals surface area contributed by atoms with Gasteiger partial charge in [0.2, 0.25) is 0 Å². The number of guanidine groups is 1. The summed E-state index contributed by atoms with van der Waals surface area (Å²) >= 11 is 0. The predicted octanol–water partition coefficient (Wildman–Crippen LogP) is 3.92. The number of nitrogens with one attached hydrogen (secondary N) is 2. The van der Waals surface area contributed by atoms with E-state index in [2.05, 4.69) is 38.6 Å². The lowest BCUT2D eigenvalue weighted by Crippen LogP contribution is -2.40. The fraction of sp³-hybridized carbons (Fsp3) is 0.350. The fourth-order valence-electron chi connectivity index (χ4n) is 3.20. The SMILES string of the molecule is CN=C(NCc1cc(OC)ccc1OC(F)F)NCC1Cc2ccccc21.I. The van der Waals surface area contributed by atoms with Gasteiger partial charge in [0.25, 0.3) is 0 Å². The zero-order valence-electron chi connectivity index (χ0n) is 15.7. The first-order chi connectivity index (χ1) is 13.1. The van der Waals surface area contributed by atoms with Gasteiger partial charge in [-0.1, -0.05) is 24.3 Å². The molecule has 0 saturated heterocycles. The van der Waals surface area contributed by atoms with E-state index >= 15 is 0 Å². The van der Waals surface area contributed by atoms with Gasteiger partial charge < -0.3 is 20.1 Å². The molecule has 0 radical (unpaired) electrons. The molecule has 3 rings (SSSR count). The Morgan fingerprint density at radius 1 is 1.21 bits per heavy atom. The molecule has 0 heterocycles. The summed E-state index contributed by atoms with van der Waals surface area (Å²) in [4.78, 5) is 4.20. The zero-order chi connectivity index (χ0) is 19.2. The van der Waals surface area contributed by atoms with E-state index in [1.54, 1.807) is 19.2 Å². The minimum Gasteiger partial charge on any atom is -0.497 e. The van der Waals surface area contributed by atoms with Crippen LogP contribution in [-0.2, 0) is 13.0 Å². The molecule has 8 heteroatoms. The molecule has 5 nitrogen and oxygen atoms in total. The van der Waals surface area contributed by atoms with Gasteiger partial charge in [0, 0.05) is 31.6 Å². The minimum absolute atomic E-state index is 0. The third-order valence-electron chi connectivity index (χ3n) is 4.63. The standard InChI is InChI=1S/C20H23F2N3O2.HI/c1-23-20(24-11-14-9-13-5-3-4-6-17(13)14)25-12-15-10-16(26-2)7-8-18(15)27-19(21)22;/h3-8,10,14,19H,9,11-12H2,1-2H3,(H2,23,24,25);1H. The van der Waals surface area contributed by atoms with E-state index in [1.807, 2.05) is 6.07 Å². The molecular formula is C20H24F2IN3O2. The van der Waals surface area contributed by atoms with Crippen LogP contribution in [0.5, 0.6) is 11.5 Å². The first kappa shape index (κ1) is 22.2. The van der Waals surface area contributed by atoms with Gasteiger partial charge in [-0.2, -0.15) is 8.78 Å². The van der Waals surface area contributed by atoms with Gasteiger partial charge in [-0.3, -0.25) is 4.99 Å². The molecule has 2 aromatic rings. The van der Waals surface area contributed by atoms with E-state index in [-0.39, 0.29) is 36.3 Å². The van der Waals surface area contributed by atoms with Gasteiger partial charge in [-0.15, -0.1) is 24.0 Å². The molecule has 152 valence electrons. The summed E-state index contributed by atoms with van der Waals surface area (Å²) < 4.78 is 35.0. The molecule has 2 aromatic carbocycles. The Bertz CT molecular complexity index is 818. The Kier molecular flexibility index (Phi) is 8.28. The number of methoxy groups -OCH3 is 1. The van der Waals surface area contributed by atoms with Crippen LogP contribution in [0, 0.1) is 0 Å². The van der Waals surface area contributed by atoms with E-state index in [0.717, 1.165) is 13.0 Å². The Labute approximate surface area is 180 Å². The Hall–Kier alpha value is -2.10. The molecule has 0 amide bonds. The number of aliphatic imine (C=N–C) groups is 1. The molecule has 2 N–H and O–H groups in total. The lowest BCUT2D eigenvalue weighted by molar-refractivity contribution is -0.0504. The second-order valence-corrected chi connectivity index (χ2v) is 6.26. The van der Waals surface area contributed by atoms with Gasteiger partial charge in [-0.25, -0.2) is 0 Å². The van der Waals surface area contributed by atoms with Crippen LogP contribution in [0.25, 0.3) is 0 Å². The quantitative estimate of drug-likeness (QED) is 0.342. The number of hydrogen-bond acceptors (Lipinski definition) is 3. The maximum atomic E-state index is 12.6. The van der Waals surface area contributed by atoms with Gasteiger partial charge >= 0.3 is 6.61 Å². The van der Waals surface area contributed by atoms with Crippen molar-refractivity contribution in [2.24, 2.45) is 4.99 Å². The maximum Gasteiger partial charge on any atom is 0.387 e. The molecule has 1 unspecified atom stereocenters. The van der Waals surface area contributed by atoms with Crippen molar-refractivity contribution >= 4 is 29.9 Å². The fourth-order valence-corrected chi connectivity index (χ4v) is 3.20. The third-order valence-corrected chi connectivity index (χ3v) is 4.63. The molecule has 1 atom stereocenters. The van der Waals surface area contributed by atoms with Crippen molar-refractivity contribution in [3.05, 3.63) is 59.2 Å². The molecule has 0 bridgehead atoms. The molecule has 0 aliphatic heterocycles. The molecule has 0 fully saturated rings. The summed E-state index contributed by atoms with van der Waals surface area (Å²) in [6, 6.07) is 13.1. The summed E-state index contributed by atoms with van der Waals surface area (Å²) in [6.45, 7) is -1.84. The van der Waals surface area contributed by atoms with Crippen molar-refractivity contribution < 1.29 is 18.3 Å². The van der Waals surface area contributed by atoms with Crippen LogP contribution >= 0.6 is 24.0 Å². The number of hydrogen-bond donors (Lipinski definition) is 2. The average Bonchev–Trinajstić information content (AvgIpc) is 2.65. The molecule has 0 saturated carbocycles. The molecule has 28 heavy (non-hydrogen) atoms. The first-order valence-corrected chi connectivity index (χ1v) is 8.74. The maximum absolute atomic E-state index is 12.6. The number of rotatable bonds is 7. The van der Waals surface area contributed by atoms with Crippen LogP contribution < -0.4 is 20.1 Å². The smallest absolute Gasteiger partial charge is 0.387 e. The van der Waals surface area contributed by atoms with Crippen LogP contribution in [-0.4, -0.2) is 33.3 Å². The highest BCUT2D eigenvalue weighted by atomic mass is 127. The highest BCUT2D eigenvalue weighted by Crippen LogP contribution is 2.34. The van der Waals surface area contributed by atoms with Gasteiger partial charge in [0.1, 0.15) is 11.5 Å². The van der Waals surface area contributed by atoms with E-state index in [1.165, 1.54) is 24.3 Å². The largest absolute Gasteiger partial charge is 0.497 e. The monoisotopic (exact) mass is 503 g/mol. The Morgan fingerprint density at radius 2 is 2.00 bits per heavy atom. The summed E-state index contributed by atoms with van der Waals surface area (Å²) in [5.74, 6) is 1.74. The normalized spacial score (nSPS) is 15.2. The number of halogens is 3. The average molecular weight is 503 g/mol. The van der Waals surface area contributed by atoms with Crippen LogP contribution in [0.4, 0.5) is 8.78 Å². The van der Waals surface area contributed by atoms with Crippen LogP contribution in [0.15, 0.2) is 47.5 Å². The van der Waals surface area contributed by atoms with Crippen molar-refractivity contribution in [1.29, 1.82) is 0 Å².